The second-order valence-electron chi connectivity index (χ2n) is 4.31. The summed E-state index contributed by atoms with van der Waals surface area (Å²) in [5.41, 5.74) is 8.19. The maximum absolute atomic E-state index is 5.58. The standard InChI is InChI=1S/C13H20N2/c1-2-15(13-7-8-13)10-12-5-3-11(9-14)4-6-12/h3-6,13H,2,7-10,14H2,1H3. The Morgan fingerprint density at radius 1 is 1.20 bits per heavy atom. The second kappa shape index (κ2) is 4.77. The summed E-state index contributed by atoms with van der Waals surface area (Å²) in [5, 5.41) is 0. The maximum atomic E-state index is 5.58. The van der Waals surface area contributed by atoms with Gasteiger partial charge < -0.3 is 5.73 Å². The van der Waals surface area contributed by atoms with Gasteiger partial charge in [-0.1, -0.05) is 31.2 Å². The molecule has 2 heteroatoms. The molecule has 2 N–H and O–H groups in total. The van der Waals surface area contributed by atoms with Crippen LogP contribution in [-0.2, 0) is 13.1 Å². The van der Waals surface area contributed by atoms with Crippen molar-refractivity contribution in [3.8, 4) is 0 Å². The molecular formula is C13H20N2. The van der Waals surface area contributed by atoms with Crippen molar-refractivity contribution < 1.29 is 0 Å². The highest BCUT2D eigenvalue weighted by Gasteiger charge is 2.27. The van der Waals surface area contributed by atoms with Gasteiger partial charge in [-0.05, 0) is 30.5 Å². The third-order valence-corrected chi connectivity index (χ3v) is 3.11. The van der Waals surface area contributed by atoms with Gasteiger partial charge in [-0.3, -0.25) is 4.90 Å². The van der Waals surface area contributed by atoms with Crippen molar-refractivity contribution in [2.75, 3.05) is 6.54 Å². The van der Waals surface area contributed by atoms with Crippen molar-refractivity contribution in [2.24, 2.45) is 5.73 Å². The van der Waals surface area contributed by atoms with Crippen LogP contribution in [0.5, 0.6) is 0 Å². The van der Waals surface area contributed by atoms with Gasteiger partial charge in [0.1, 0.15) is 0 Å². The van der Waals surface area contributed by atoms with E-state index in [9.17, 15) is 0 Å². The van der Waals surface area contributed by atoms with Gasteiger partial charge in [0.25, 0.3) is 0 Å². The van der Waals surface area contributed by atoms with Gasteiger partial charge in [-0.15, -0.1) is 0 Å². The molecule has 1 aliphatic rings. The van der Waals surface area contributed by atoms with Crippen molar-refractivity contribution in [3.63, 3.8) is 0 Å². The third kappa shape index (κ3) is 2.80. The van der Waals surface area contributed by atoms with Gasteiger partial charge >= 0.3 is 0 Å². The Hall–Kier alpha value is -0.860. The summed E-state index contributed by atoms with van der Waals surface area (Å²) in [7, 11) is 0. The number of hydrogen-bond acceptors (Lipinski definition) is 2. The molecule has 0 saturated heterocycles. The van der Waals surface area contributed by atoms with Crippen LogP contribution in [0.1, 0.15) is 30.9 Å². The topological polar surface area (TPSA) is 29.3 Å². The van der Waals surface area contributed by atoms with E-state index >= 15 is 0 Å². The zero-order chi connectivity index (χ0) is 10.7. The maximum Gasteiger partial charge on any atom is 0.0236 e. The molecule has 1 fully saturated rings. The molecule has 0 heterocycles. The van der Waals surface area contributed by atoms with Crippen LogP contribution in [0.4, 0.5) is 0 Å². The van der Waals surface area contributed by atoms with Crippen molar-refractivity contribution in [1.82, 2.24) is 4.90 Å². The molecule has 1 aliphatic carbocycles. The lowest BCUT2D eigenvalue weighted by molar-refractivity contribution is 0.269. The lowest BCUT2D eigenvalue weighted by Gasteiger charge is -2.19. The minimum atomic E-state index is 0.639. The monoisotopic (exact) mass is 204 g/mol. The minimum Gasteiger partial charge on any atom is -0.326 e. The van der Waals surface area contributed by atoms with Crippen LogP contribution in [0.15, 0.2) is 24.3 Å². The first kappa shape index (κ1) is 10.7. The fourth-order valence-electron chi connectivity index (χ4n) is 1.95. The molecule has 1 aromatic carbocycles. The van der Waals surface area contributed by atoms with Crippen LogP contribution in [0, 0.1) is 0 Å². The fraction of sp³-hybridized carbons (Fsp3) is 0.538. The highest BCUT2D eigenvalue weighted by Crippen LogP contribution is 2.27. The first-order chi connectivity index (χ1) is 7.33. The van der Waals surface area contributed by atoms with Gasteiger partial charge in [0.15, 0.2) is 0 Å². The van der Waals surface area contributed by atoms with Crippen LogP contribution in [-0.4, -0.2) is 17.5 Å². The average Bonchev–Trinajstić information content (AvgIpc) is 3.10. The van der Waals surface area contributed by atoms with Crippen LogP contribution in [0.3, 0.4) is 0 Å². The van der Waals surface area contributed by atoms with Crippen LogP contribution in [0.2, 0.25) is 0 Å². The molecule has 2 nitrogen and oxygen atoms in total. The minimum absolute atomic E-state index is 0.639. The Morgan fingerprint density at radius 3 is 2.27 bits per heavy atom. The SMILES string of the molecule is CCN(Cc1ccc(CN)cc1)C1CC1. The molecule has 0 bridgehead atoms. The van der Waals surface area contributed by atoms with Crippen LogP contribution >= 0.6 is 0 Å². The lowest BCUT2D eigenvalue weighted by atomic mass is 10.1. The highest BCUT2D eigenvalue weighted by molar-refractivity contribution is 5.22. The lowest BCUT2D eigenvalue weighted by Crippen LogP contribution is -2.24. The van der Waals surface area contributed by atoms with Gasteiger partial charge in [0.05, 0.1) is 0 Å². The normalized spacial score (nSPS) is 15.9. The molecule has 0 radical (unpaired) electrons. The van der Waals surface area contributed by atoms with E-state index in [2.05, 4.69) is 36.1 Å². The van der Waals surface area contributed by atoms with Gasteiger partial charge in [0, 0.05) is 19.1 Å². The molecule has 1 saturated carbocycles. The van der Waals surface area contributed by atoms with E-state index in [1.165, 1.54) is 24.0 Å². The average molecular weight is 204 g/mol. The van der Waals surface area contributed by atoms with Crippen molar-refractivity contribution in [2.45, 2.75) is 38.9 Å². The van der Waals surface area contributed by atoms with E-state index in [0.717, 1.165) is 19.1 Å². The third-order valence-electron chi connectivity index (χ3n) is 3.11. The van der Waals surface area contributed by atoms with E-state index in [0.29, 0.717) is 6.54 Å². The smallest absolute Gasteiger partial charge is 0.0236 e. The number of nitrogens with zero attached hydrogens (tertiary/aromatic N) is 1. The van der Waals surface area contributed by atoms with Gasteiger partial charge in [-0.2, -0.15) is 0 Å². The molecule has 2 rings (SSSR count). The molecule has 82 valence electrons. The molecule has 0 aromatic heterocycles. The fourth-order valence-corrected chi connectivity index (χ4v) is 1.95. The van der Waals surface area contributed by atoms with E-state index < -0.39 is 0 Å². The van der Waals surface area contributed by atoms with E-state index in [1.807, 2.05) is 0 Å². The first-order valence-electron chi connectivity index (χ1n) is 5.85. The predicted molar refractivity (Wildman–Crippen MR) is 63.4 cm³/mol. The summed E-state index contributed by atoms with van der Waals surface area (Å²) >= 11 is 0. The zero-order valence-corrected chi connectivity index (χ0v) is 9.45. The number of nitrogens with two attached hydrogens (primary N) is 1. The van der Waals surface area contributed by atoms with E-state index in [-0.39, 0.29) is 0 Å². The largest absolute Gasteiger partial charge is 0.326 e. The Labute approximate surface area is 92.1 Å². The summed E-state index contributed by atoms with van der Waals surface area (Å²) in [6, 6.07) is 9.52. The molecule has 0 atom stereocenters. The Balaban J connectivity index is 1.96. The number of benzene rings is 1. The number of rotatable bonds is 5. The Kier molecular flexibility index (Phi) is 3.39. The quantitative estimate of drug-likeness (QED) is 0.796. The zero-order valence-electron chi connectivity index (χ0n) is 9.45. The summed E-state index contributed by atoms with van der Waals surface area (Å²) in [6.45, 7) is 5.13. The molecule has 15 heavy (non-hydrogen) atoms. The summed E-state index contributed by atoms with van der Waals surface area (Å²) in [4.78, 5) is 2.55. The molecule has 1 aromatic rings. The first-order valence-corrected chi connectivity index (χ1v) is 5.85. The Bertz CT molecular complexity index is 301. The van der Waals surface area contributed by atoms with Gasteiger partial charge in [0.2, 0.25) is 0 Å². The number of hydrogen-bond donors (Lipinski definition) is 1. The van der Waals surface area contributed by atoms with Crippen molar-refractivity contribution in [1.29, 1.82) is 0 Å². The van der Waals surface area contributed by atoms with Gasteiger partial charge in [-0.25, -0.2) is 0 Å². The summed E-state index contributed by atoms with van der Waals surface area (Å²) < 4.78 is 0. The predicted octanol–water partition coefficient (Wildman–Crippen LogP) is 2.13. The van der Waals surface area contributed by atoms with Crippen LogP contribution in [0.25, 0.3) is 0 Å². The van der Waals surface area contributed by atoms with E-state index in [4.69, 9.17) is 5.73 Å². The highest BCUT2D eigenvalue weighted by atomic mass is 15.2. The summed E-state index contributed by atoms with van der Waals surface area (Å²) in [5.74, 6) is 0. The molecule has 0 unspecified atom stereocenters. The van der Waals surface area contributed by atoms with Crippen LogP contribution < -0.4 is 5.73 Å². The van der Waals surface area contributed by atoms with Crippen molar-refractivity contribution >= 4 is 0 Å². The second-order valence-corrected chi connectivity index (χ2v) is 4.31. The Morgan fingerprint density at radius 2 is 1.80 bits per heavy atom. The molecule has 0 aliphatic heterocycles. The molecule has 0 spiro atoms. The summed E-state index contributed by atoms with van der Waals surface area (Å²) in [6.07, 6.45) is 2.77. The molecular weight excluding hydrogens is 184 g/mol. The molecule has 0 amide bonds. The van der Waals surface area contributed by atoms with E-state index in [1.54, 1.807) is 0 Å². The van der Waals surface area contributed by atoms with Crippen molar-refractivity contribution in [3.05, 3.63) is 35.4 Å².